The molecule has 0 radical (unpaired) electrons. The molecule has 0 heterocycles. The van der Waals surface area contributed by atoms with Crippen molar-refractivity contribution in [2.45, 2.75) is 52.1 Å². The third kappa shape index (κ3) is 8.57. The maximum atomic E-state index is 12.3. The van der Waals surface area contributed by atoms with Crippen molar-refractivity contribution in [3.05, 3.63) is 47.5 Å². The van der Waals surface area contributed by atoms with Gasteiger partial charge in [-0.1, -0.05) is 12.1 Å². The molecular weight excluding hydrogens is 428 g/mol. The summed E-state index contributed by atoms with van der Waals surface area (Å²) >= 11 is 0. The van der Waals surface area contributed by atoms with Crippen molar-refractivity contribution >= 4 is 17.7 Å². The van der Waals surface area contributed by atoms with Crippen LogP contribution in [0.3, 0.4) is 0 Å². The number of ketones is 1. The lowest BCUT2D eigenvalue weighted by atomic mass is 10.00. The Labute approximate surface area is 193 Å². The van der Waals surface area contributed by atoms with Crippen LogP contribution in [0.1, 0.15) is 44.2 Å². The summed E-state index contributed by atoms with van der Waals surface area (Å²) in [7, 11) is 2.96. The average Bonchev–Trinajstić information content (AvgIpc) is 2.76. The monoisotopic (exact) mass is 458 g/mol. The number of Topliss-reactive ketones (excluding diaryl/α,β-unsaturated/α-hetero) is 1. The Morgan fingerprint density at radius 3 is 1.73 bits per heavy atom. The number of esters is 2. The van der Waals surface area contributed by atoms with Gasteiger partial charge < -0.3 is 24.1 Å². The maximum absolute atomic E-state index is 12.3. The average molecular weight is 459 g/mol. The summed E-state index contributed by atoms with van der Waals surface area (Å²) in [6.45, 7) is 2.63. The quantitative estimate of drug-likeness (QED) is 0.381. The Bertz CT molecular complexity index is 982. The number of ether oxygens (including phenoxy) is 4. The van der Waals surface area contributed by atoms with Gasteiger partial charge in [-0.25, -0.2) is 0 Å². The third-order valence-corrected chi connectivity index (χ3v) is 4.89. The van der Waals surface area contributed by atoms with E-state index >= 15 is 0 Å². The number of methoxy groups -OCH3 is 2. The predicted octanol–water partition coefficient (Wildman–Crippen LogP) is 3.44. The molecule has 8 heteroatoms. The number of aliphatic hydroxyl groups is 1. The second-order valence-electron chi connectivity index (χ2n) is 7.59. The highest BCUT2D eigenvalue weighted by atomic mass is 16.6. The van der Waals surface area contributed by atoms with Crippen LogP contribution >= 0.6 is 0 Å². The lowest BCUT2D eigenvalue weighted by Gasteiger charge is -2.13. The van der Waals surface area contributed by atoms with E-state index in [1.807, 2.05) is 0 Å². The third-order valence-electron chi connectivity index (χ3n) is 4.89. The highest BCUT2D eigenvalue weighted by molar-refractivity contribution is 5.79. The first-order chi connectivity index (χ1) is 15.7. The van der Waals surface area contributed by atoms with E-state index in [2.05, 4.69) is 0 Å². The largest absolute Gasteiger partial charge is 0.493 e. The minimum absolute atomic E-state index is 0.0479. The molecule has 1 unspecified atom stereocenters. The molecule has 0 aliphatic carbocycles. The fourth-order valence-electron chi connectivity index (χ4n) is 3.30. The van der Waals surface area contributed by atoms with Gasteiger partial charge in [0.25, 0.3) is 0 Å². The van der Waals surface area contributed by atoms with Gasteiger partial charge in [0.15, 0.2) is 23.0 Å². The van der Waals surface area contributed by atoms with Crippen molar-refractivity contribution in [3.63, 3.8) is 0 Å². The summed E-state index contributed by atoms with van der Waals surface area (Å²) in [5, 5.41) is 10.3. The fourth-order valence-corrected chi connectivity index (χ4v) is 3.30. The molecule has 0 aliphatic heterocycles. The number of hydrogen-bond acceptors (Lipinski definition) is 8. The van der Waals surface area contributed by atoms with E-state index in [1.165, 1.54) is 28.1 Å². The summed E-state index contributed by atoms with van der Waals surface area (Å²) in [6, 6.07) is 10.3. The van der Waals surface area contributed by atoms with Crippen LogP contribution in [0.5, 0.6) is 23.0 Å². The van der Waals surface area contributed by atoms with Crippen LogP contribution < -0.4 is 18.9 Å². The molecule has 0 saturated heterocycles. The topological polar surface area (TPSA) is 108 Å². The first-order valence-electron chi connectivity index (χ1n) is 10.6. The molecule has 0 amide bonds. The number of benzene rings is 2. The molecule has 0 bridgehead atoms. The Kier molecular flexibility index (Phi) is 9.87. The van der Waals surface area contributed by atoms with Gasteiger partial charge >= 0.3 is 11.9 Å². The molecule has 0 spiro atoms. The van der Waals surface area contributed by atoms with Crippen molar-refractivity contribution < 1.29 is 38.4 Å². The number of aliphatic hydroxyl groups excluding tert-OH is 1. The molecule has 1 atom stereocenters. The van der Waals surface area contributed by atoms with Crippen molar-refractivity contribution in [1.29, 1.82) is 0 Å². The molecule has 33 heavy (non-hydrogen) atoms. The fraction of sp³-hybridized carbons (Fsp3) is 0.400. The van der Waals surface area contributed by atoms with Gasteiger partial charge in [-0.3, -0.25) is 14.4 Å². The van der Waals surface area contributed by atoms with Gasteiger partial charge in [-0.2, -0.15) is 0 Å². The molecule has 1 N–H and O–H groups in total. The maximum Gasteiger partial charge on any atom is 0.308 e. The first kappa shape index (κ1) is 25.9. The van der Waals surface area contributed by atoms with E-state index in [1.54, 1.807) is 36.4 Å². The molecule has 0 saturated carbocycles. The number of aryl methyl sites for hydroxylation is 2. The van der Waals surface area contributed by atoms with Crippen molar-refractivity contribution in [1.82, 2.24) is 0 Å². The van der Waals surface area contributed by atoms with E-state index in [-0.39, 0.29) is 18.6 Å². The zero-order valence-electron chi connectivity index (χ0n) is 19.4. The van der Waals surface area contributed by atoms with Crippen LogP contribution in [0.15, 0.2) is 36.4 Å². The molecule has 0 aliphatic rings. The van der Waals surface area contributed by atoms with E-state index in [4.69, 9.17) is 18.9 Å². The van der Waals surface area contributed by atoms with E-state index < -0.39 is 18.0 Å². The number of hydrogen-bond donors (Lipinski definition) is 1. The summed E-state index contributed by atoms with van der Waals surface area (Å²) in [4.78, 5) is 34.6. The smallest absolute Gasteiger partial charge is 0.308 e. The van der Waals surface area contributed by atoms with Crippen molar-refractivity contribution in [3.8, 4) is 23.0 Å². The van der Waals surface area contributed by atoms with E-state index in [0.717, 1.165) is 11.1 Å². The predicted molar refractivity (Wildman–Crippen MR) is 121 cm³/mol. The minimum atomic E-state index is -0.766. The Morgan fingerprint density at radius 2 is 1.27 bits per heavy atom. The van der Waals surface area contributed by atoms with Gasteiger partial charge in [0.05, 0.1) is 20.3 Å². The van der Waals surface area contributed by atoms with Gasteiger partial charge in [-0.15, -0.1) is 0 Å². The Balaban J connectivity index is 1.84. The minimum Gasteiger partial charge on any atom is -0.493 e. The summed E-state index contributed by atoms with van der Waals surface area (Å²) in [5.74, 6) is 0.592. The molecule has 2 aromatic rings. The molecular formula is C25H30O8. The van der Waals surface area contributed by atoms with Crippen molar-refractivity contribution in [2.75, 3.05) is 14.2 Å². The molecule has 2 rings (SSSR count). The molecule has 178 valence electrons. The summed E-state index contributed by atoms with van der Waals surface area (Å²) < 4.78 is 20.6. The van der Waals surface area contributed by atoms with Crippen molar-refractivity contribution in [2.24, 2.45) is 0 Å². The normalized spacial score (nSPS) is 11.4. The van der Waals surface area contributed by atoms with Crippen LogP contribution in [0.25, 0.3) is 0 Å². The molecule has 2 aromatic carbocycles. The second kappa shape index (κ2) is 12.6. The van der Waals surface area contributed by atoms with Crippen LogP contribution in [0, 0.1) is 0 Å². The summed E-state index contributed by atoms with van der Waals surface area (Å²) in [6.07, 6.45) is 1.00. The lowest BCUT2D eigenvalue weighted by molar-refractivity contribution is -0.132. The SMILES string of the molecule is COc1cc(CCC(=O)CC(O)CCc2ccc(OC(C)=O)c(OC)c2)ccc1OC(C)=O. The van der Waals surface area contributed by atoms with Crippen LogP contribution in [0.2, 0.25) is 0 Å². The Morgan fingerprint density at radius 1 is 0.788 bits per heavy atom. The van der Waals surface area contributed by atoms with Gasteiger partial charge in [0, 0.05) is 26.7 Å². The zero-order valence-corrected chi connectivity index (χ0v) is 19.4. The standard InChI is InChI=1S/C25H30O8/c1-16(26)32-22-11-7-18(13-24(22)30-3)5-9-20(28)15-21(29)10-6-19-8-12-23(33-17(2)27)25(14-19)31-4/h7-8,11-14,20,28H,5-6,9-10,15H2,1-4H3. The molecule has 0 aromatic heterocycles. The van der Waals surface area contributed by atoms with E-state index in [0.29, 0.717) is 42.3 Å². The van der Waals surface area contributed by atoms with Crippen LogP contribution in [0.4, 0.5) is 0 Å². The summed E-state index contributed by atoms with van der Waals surface area (Å²) in [5.41, 5.74) is 1.76. The van der Waals surface area contributed by atoms with Gasteiger partial charge in [0.1, 0.15) is 5.78 Å². The number of carbonyl (C=O) groups is 3. The number of rotatable bonds is 12. The molecule has 0 fully saturated rings. The highest BCUT2D eigenvalue weighted by Gasteiger charge is 2.14. The Hall–Kier alpha value is -3.39. The highest BCUT2D eigenvalue weighted by Crippen LogP contribution is 2.30. The van der Waals surface area contributed by atoms with Gasteiger partial charge in [-0.05, 0) is 54.7 Å². The van der Waals surface area contributed by atoms with E-state index in [9.17, 15) is 19.5 Å². The van der Waals surface area contributed by atoms with Crippen LogP contribution in [-0.4, -0.2) is 43.2 Å². The lowest BCUT2D eigenvalue weighted by Crippen LogP contribution is -2.15. The first-order valence-corrected chi connectivity index (χ1v) is 10.6. The number of carbonyl (C=O) groups excluding carboxylic acids is 3. The van der Waals surface area contributed by atoms with Gasteiger partial charge in [0.2, 0.25) is 0 Å². The van der Waals surface area contributed by atoms with Crippen LogP contribution in [-0.2, 0) is 27.2 Å². The second-order valence-corrected chi connectivity index (χ2v) is 7.59. The zero-order chi connectivity index (χ0) is 24.4. The molecule has 8 nitrogen and oxygen atoms in total.